The maximum Gasteiger partial charge on any atom is 0.407 e. The van der Waals surface area contributed by atoms with Gasteiger partial charge in [-0.15, -0.1) is 0 Å². The maximum atomic E-state index is 11.9. The summed E-state index contributed by atoms with van der Waals surface area (Å²) in [5, 5.41) is 2.76. The second kappa shape index (κ2) is 5.49. The van der Waals surface area contributed by atoms with Gasteiger partial charge in [0, 0.05) is 24.5 Å². The highest BCUT2D eigenvalue weighted by Gasteiger charge is 2.29. The number of carbonyl (C=O) groups excluding carboxylic acids is 2. The Morgan fingerprint density at radius 2 is 2.06 bits per heavy atom. The third-order valence-corrected chi connectivity index (χ3v) is 2.98. The molecule has 1 rings (SSSR count). The molecule has 1 aliphatic rings. The van der Waals surface area contributed by atoms with Gasteiger partial charge in [-0.25, -0.2) is 4.79 Å². The second-order valence-corrected chi connectivity index (χ2v) is 5.53. The first kappa shape index (κ1) is 14.0. The Bertz CT molecular complexity index is 297. The molecular weight excluding hydrogens is 220 g/mol. The molecule has 98 valence electrons. The largest absolute Gasteiger partial charge is 0.453 e. The number of likely N-dealkylation sites (tertiary alicyclic amines) is 1. The Labute approximate surface area is 102 Å². The van der Waals surface area contributed by atoms with Crippen LogP contribution in [0.15, 0.2) is 0 Å². The number of methoxy groups -OCH3 is 1. The highest BCUT2D eigenvalue weighted by molar-refractivity contribution is 5.85. The van der Waals surface area contributed by atoms with Gasteiger partial charge in [-0.1, -0.05) is 20.8 Å². The molecule has 0 aliphatic carbocycles. The van der Waals surface area contributed by atoms with Crippen molar-refractivity contribution in [3.05, 3.63) is 0 Å². The molecule has 1 heterocycles. The Morgan fingerprint density at radius 1 is 1.41 bits per heavy atom. The molecule has 1 fully saturated rings. The van der Waals surface area contributed by atoms with Gasteiger partial charge in [0.25, 0.3) is 0 Å². The molecular formula is C12H22N2O3. The zero-order valence-electron chi connectivity index (χ0n) is 11.1. The van der Waals surface area contributed by atoms with Crippen molar-refractivity contribution < 1.29 is 14.3 Å². The Hall–Kier alpha value is -1.10. The van der Waals surface area contributed by atoms with Gasteiger partial charge in [-0.2, -0.15) is 0 Å². The highest BCUT2D eigenvalue weighted by Crippen LogP contribution is 2.17. The van der Waals surface area contributed by atoms with Crippen molar-refractivity contribution in [3.8, 4) is 0 Å². The van der Waals surface area contributed by atoms with Crippen LogP contribution in [-0.4, -0.2) is 49.6 Å². The number of Topliss-reactive ketones (excluding diaryl/α,β-unsaturated/α-hetero) is 1. The van der Waals surface area contributed by atoms with Crippen molar-refractivity contribution in [2.75, 3.05) is 26.7 Å². The number of hydrogen-bond acceptors (Lipinski definition) is 4. The monoisotopic (exact) mass is 242 g/mol. The third kappa shape index (κ3) is 4.34. The molecule has 1 amide bonds. The first-order chi connectivity index (χ1) is 7.82. The minimum absolute atomic E-state index is 0.0928. The molecule has 0 radical (unpaired) electrons. The van der Waals surface area contributed by atoms with Gasteiger partial charge in [-0.05, 0) is 6.42 Å². The number of ketones is 1. The fraction of sp³-hybridized carbons (Fsp3) is 0.833. The lowest BCUT2D eigenvalue weighted by atomic mass is 9.90. The average molecular weight is 242 g/mol. The first-order valence-corrected chi connectivity index (χ1v) is 5.93. The van der Waals surface area contributed by atoms with Crippen LogP contribution in [0.4, 0.5) is 4.79 Å². The molecule has 5 heteroatoms. The normalized spacial score (nSPS) is 21.3. The second-order valence-electron chi connectivity index (χ2n) is 5.53. The molecule has 5 nitrogen and oxygen atoms in total. The fourth-order valence-electron chi connectivity index (χ4n) is 1.76. The van der Waals surface area contributed by atoms with Crippen molar-refractivity contribution in [3.63, 3.8) is 0 Å². The summed E-state index contributed by atoms with van der Waals surface area (Å²) in [6.45, 7) is 7.80. The van der Waals surface area contributed by atoms with E-state index in [-0.39, 0.29) is 17.2 Å². The Kier molecular flexibility index (Phi) is 4.51. The summed E-state index contributed by atoms with van der Waals surface area (Å²) in [5.74, 6) is 0.233. The van der Waals surface area contributed by atoms with Gasteiger partial charge in [-0.3, -0.25) is 9.69 Å². The van der Waals surface area contributed by atoms with E-state index in [9.17, 15) is 9.59 Å². The topological polar surface area (TPSA) is 58.6 Å². The molecule has 1 unspecified atom stereocenters. The van der Waals surface area contributed by atoms with Gasteiger partial charge in [0.15, 0.2) is 5.78 Å². The van der Waals surface area contributed by atoms with E-state index in [2.05, 4.69) is 15.0 Å². The van der Waals surface area contributed by atoms with Gasteiger partial charge < -0.3 is 10.1 Å². The standard InChI is InChI=1S/C12H22N2O3/c1-12(2,3)10(15)8-14-6-5-9(7-14)13-11(16)17-4/h9H,5-8H2,1-4H3,(H,13,16). The van der Waals surface area contributed by atoms with Gasteiger partial charge >= 0.3 is 6.09 Å². The summed E-state index contributed by atoms with van der Waals surface area (Å²) in [6, 6.07) is 0.0928. The Morgan fingerprint density at radius 3 is 2.59 bits per heavy atom. The van der Waals surface area contributed by atoms with E-state index in [1.54, 1.807) is 0 Å². The molecule has 1 atom stereocenters. The van der Waals surface area contributed by atoms with Crippen molar-refractivity contribution in [2.45, 2.75) is 33.2 Å². The van der Waals surface area contributed by atoms with Crippen LogP contribution in [0.2, 0.25) is 0 Å². The minimum atomic E-state index is -0.404. The summed E-state index contributed by atoms with van der Waals surface area (Å²) >= 11 is 0. The summed E-state index contributed by atoms with van der Waals surface area (Å²) in [6.07, 6.45) is 0.464. The number of carbonyl (C=O) groups is 2. The lowest BCUT2D eigenvalue weighted by molar-refractivity contribution is -0.127. The van der Waals surface area contributed by atoms with Gasteiger partial charge in [0.05, 0.1) is 13.7 Å². The SMILES string of the molecule is COC(=O)NC1CCN(CC(=O)C(C)(C)C)C1. The molecule has 1 N–H and O–H groups in total. The van der Waals surface area contributed by atoms with E-state index in [4.69, 9.17) is 0 Å². The molecule has 1 saturated heterocycles. The lowest BCUT2D eigenvalue weighted by Gasteiger charge is -2.22. The molecule has 0 spiro atoms. The fourth-order valence-corrected chi connectivity index (χ4v) is 1.76. The summed E-state index contributed by atoms with van der Waals surface area (Å²) in [5.41, 5.74) is -0.298. The number of nitrogens with one attached hydrogen (secondary N) is 1. The maximum absolute atomic E-state index is 11.9. The van der Waals surface area contributed by atoms with Crippen molar-refractivity contribution >= 4 is 11.9 Å². The van der Waals surface area contributed by atoms with Crippen LogP contribution in [0.1, 0.15) is 27.2 Å². The van der Waals surface area contributed by atoms with Crippen molar-refractivity contribution in [2.24, 2.45) is 5.41 Å². The average Bonchev–Trinajstić information content (AvgIpc) is 2.64. The first-order valence-electron chi connectivity index (χ1n) is 5.93. The molecule has 0 aromatic rings. The van der Waals surface area contributed by atoms with Crippen LogP contribution in [0.5, 0.6) is 0 Å². The van der Waals surface area contributed by atoms with Gasteiger partial charge in [0.1, 0.15) is 0 Å². The smallest absolute Gasteiger partial charge is 0.407 e. The summed E-state index contributed by atoms with van der Waals surface area (Å²) in [4.78, 5) is 25.0. The summed E-state index contributed by atoms with van der Waals surface area (Å²) in [7, 11) is 1.35. The molecule has 0 aromatic heterocycles. The van der Waals surface area contributed by atoms with Gasteiger partial charge in [0.2, 0.25) is 0 Å². The molecule has 1 aliphatic heterocycles. The number of ether oxygens (including phenoxy) is 1. The minimum Gasteiger partial charge on any atom is -0.453 e. The molecule has 17 heavy (non-hydrogen) atoms. The van der Waals surface area contributed by atoms with E-state index in [1.165, 1.54) is 7.11 Å². The van der Waals surface area contributed by atoms with E-state index < -0.39 is 6.09 Å². The zero-order chi connectivity index (χ0) is 13.1. The number of rotatable bonds is 3. The predicted molar refractivity (Wildman–Crippen MR) is 64.8 cm³/mol. The van der Waals surface area contributed by atoms with E-state index in [0.29, 0.717) is 6.54 Å². The molecule has 0 aromatic carbocycles. The van der Waals surface area contributed by atoms with E-state index >= 15 is 0 Å². The van der Waals surface area contributed by atoms with E-state index in [1.807, 2.05) is 20.8 Å². The zero-order valence-corrected chi connectivity index (χ0v) is 11.1. The third-order valence-electron chi connectivity index (χ3n) is 2.98. The Balaban J connectivity index is 2.36. The highest BCUT2D eigenvalue weighted by atomic mass is 16.5. The van der Waals surface area contributed by atoms with Crippen molar-refractivity contribution in [1.29, 1.82) is 0 Å². The lowest BCUT2D eigenvalue weighted by Crippen LogP contribution is -2.39. The van der Waals surface area contributed by atoms with Crippen molar-refractivity contribution in [1.82, 2.24) is 10.2 Å². The number of alkyl carbamates (subject to hydrolysis) is 1. The number of amides is 1. The number of nitrogens with zero attached hydrogens (tertiary/aromatic N) is 1. The predicted octanol–water partition coefficient (Wildman–Crippen LogP) is 1.03. The quantitative estimate of drug-likeness (QED) is 0.803. The molecule has 0 bridgehead atoms. The summed E-state index contributed by atoms with van der Waals surface area (Å²) < 4.78 is 4.55. The van der Waals surface area contributed by atoms with Crippen LogP contribution in [-0.2, 0) is 9.53 Å². The van der Waals surface area contributed by atoms with Crippen LogP contribution in [0.25, 0.3) is 0 Å². The van der Waals surface area contributed by atoms with E-state index in [0.717, 1.165) is 19.5 Å². The number of hydrogen-bond donors (Lipinski definition) is 1. The van der Waals surface area contributed by atoms with Crippen LogP contribution in [0.3, 0.4) is 0 Å². The van der Waals surface area contributed by atoms with Crippen LogP contribution in [0, 0.1) is 5.41 Å². The van der Waals surface area contributed by atoms with Crippen LogP contribution < -0.4 is 5.32 Å². The molecule has 0 saturated carbocycles. The van der Waals surface area contributed by atoms with Crippen LogP contribution >= 0.6 is 0 Å².